The van der Waals surface area contributed by atoms with Crippen LogP contribution in [0.25, 0.3) is 0 Å². The van der Waals surface area contributed by atoms with Crippen LogP contribution < -0.4 is 10.1 Å². The van der Waals surface area contributed by atoms with Crippen molar-refractivity contribution in [2.45, 2.75) is 32.1 Å². The fraction of sp³-hybridized carbons (Fsp3) is 0.600. The second kappa shape index (κ2) is 6.06. The molecule has 1 aliphatic rings. The molecule has 17 heavy (non-hydrogen) atoms. The fourth-order valence-electron chi connectivity index (χ4n) is 2.55. The van der Waals surface area contributed by atoms with E-state index >= 15 is 0 Å². The lowest BCUT2D eigenvalue weighted by molar-refractivity contribution is 0.250. The lowest BCUT2D eigenvalue weighted by Gasteiger charge is -2.37. The summed E-state index contributed by atoms with van der Waals surface area (Å²) >= 11 is 0. The molecule has 1 N–H and O–H groups in total. The zero-order chi connectivity index (χ0) is 12.1. The van der Waals surface area contributed by atoms with Crippen molar-refractivity contribution in [1.82, 2.24) is 5.32 Å². The molecule has 0 heterocycles. The first kappa shape index (κ1) is 12.4. The smallest absolute Gasteiger partial charge is 0.119 e. The maximum Gasteiger partial charge on any atom is 0.119 e. The van der Waals surface area contributed by atoms with Gasteiger partial charge in [0.05, 0.1) is 6.61 Å². The molecule has 0 radical (unpaired) electrons. The maximum atomic E-state index is 5.60. The van der Waals surface area contributed by atoms with Gasteiger partial charge in [-0.2, -0.15) is 0 Å². The van der Waals surface area contributed by atoms with Crippen LogP contribution in [0.5, 0.6) is 5.75 Å². The Balaban J connectivity index is 1.93. The summed E-state index contributed by atoms with van der Waals surface area (Å²) in [4.78, 5) is 0. The first-order valence-corrected chi connectivity index (χ1v) is 6.72. The second-order valence-electron chi connectivity index (χ2n) is 4.92. The molecule has 0 aliphatic heterocycles. The average molecular weight is 233 g/mol. The van der Waals surface area contributed by atoms with Gasteiger partial charge in [-0.25, -0.2) is 0 Å². The molecule has 1 aliphatic carbocycles. The Morgan fingerprint density at radius 3 is 2.53 bits per heavy atom. The summed E-state index contributed by atoms with van der Waals surface area (Å²) < 4.78 is 5.60. The molecule has 0 bridgehead atoms. The highest BCUT2D eigenvalue weighted by molar-refractivity contribution is 5.31. The predicted molar refractivity (Wildman–Crippen MR) is 71.6 cm³/mol. The Morgan fingerprint density at radius 2 is 2.00 bits per heavy atom. The summed E-state index contributed by atoms with van der Waals surface area (Å²) in [6, 6.07) is 8.69. The molecule has 0 saturated heterocycles. The molecule has 2 atom stereocenters. The average Bonchev–Trinajstić information content (AvgIpc) is 2.34. The van der Waals surface area contributed by atoms with E-state index in [0.29, 0.717) is 0 Å². The Bertz CT molecular complexity index is 333. The number of hydrogen-bond acceptors (Lipinski definition) is 2. The minimum absolute atomic E-state index is 0.752. The van der Waals surface area contributed by atoms with E-state index in [4.69, 9.17) is 4.74 Å². The van der Waals surface area contributed by atoms with E-state index in [1.54, 1.807) is 0 Å². The van der Waals surface area contributed by atoms with Gasteiger partial charge in [-0.05, 0) is 62.4 Å². The molecule has 2 nitrogen and oxygen atoms in total. The predicted octanol–water partition coefficient (Wildman–Crippen LogP) is 3.19. The highest BCUT2D eigenvalue weighted by Crippen LogP contribution is 2.42. The van der Waals surface area contributed by atoms with Gasteiger partial charge in [0, 0.05) is 0 Å². The minimum atomic E-state index is 0.752. The van der Waals surface area contributed by atoms with Crippen molar-refractivity contribution in [3.8, 4) is 5.75 Å². The quantitative estimate of drug-likeness (QED) is 0.814. The van der Waals surface area contributed by atoms with E-state index in [9.17, 15) is 0 Å². The van der Waals surface area contributed by atoms with Gasteiger partial charge in [0.15, 0.2) is 0 Å². The van der Waals surface area contributed by atoms with E-state index in [1.165, 1.54) is 18.4 Å². The van der Waals surface area contributed by atoms with E-state index in [1.807, 2.05) is 7.05 Å². The van der Waals surface area contributed by atoms with Crippen molar-refractivity contribution < 1.29 is 4.74 Å². The molecule has 1 saturated carbocycles. The van der Waals surface area contributed by atoms with Crippen LogP contribution in [0.1, 0.15) is 37.7 Å². The highest BCUT2D eigenvalue weighted by atomic mass is 16.5. The number of benzene rings is 1. The molecule has 1 fully saturated rings. The summed E-state index contributed by atoms with van der Waals surface area (Å²) in [5.74, 6) is 2.57. The molecule has 2 unspecified atom stereocenters. The third kappa shape index (κ3) is 3.01. The van der Waals surface area contributed by atoms with Gasteiger partial charge in [0.25, 0.3) is 0 Å². The standard InChI is InChI=1S/C15H23NO/c1-3-10-17-14-7-4-12(5-8-14)15-9-6-13(15)11-16-2/h4-5,7-8,13,15-16H,3,6,9-11H2,1-2H3. The van der Waals surface area contributed by atoms with Gasteiger partial charge in [-0.1, -0.05) is 19.1 Å². The summed E-state index contributed by atoms with van der Waals surface area (Å²) in [5.41, 5.74) is 1.47. The summed E-state index contributed by atoms with van der Waals surface area (Å²) in [7, 11) is 2.04. The van der Waals surface area contributed by atoms with Crippen LogP contribution in [0, 0.1) is 5.92 Å². The lowest BCUT2D eigenvalue weighted by atomic mass is 9.70. The zero-order valence-corrected chi connectivity index (χ0v) is 10.9. The van der Waals surface area contributed by atoms with Gasteiger partial charge < -0.3 is 10.1 Å². The van der Waals surface area contributed by atoms with E-state index in [2.05, 4.69) is 36.5 Å². The largest absolute Gasteiger partial charge is 0.494 e. The first-order chi connectivity index (χ1) is 8.35. The number of nitrogens with one attached hydrogen (secondary N) is 1. The second-order valence-corrected chi connectivity index (χ2v) is 4.92. The van der Waals surface area contributed by atoms with Crippen molar-refractivity contribution in [1.29, 1.82) is 0 Å². The van der Waals surface area contributed by atoms with Crippen LogP contribution >= 0.6 is 0 Å². The molecule has 1 aromatic carbocycles. The summed E-state index contributed by atoms with van der Waals surface area (Å²) in [6.45, 7) is 4.08. The van der Waals surface area contributed by atoms with Crippen molar-refractivity contribution >= 4 is 0 Å². The Kier molecular flexibility index (Phi) is 4.43. The van der Waals surface area contributed by atoms with Crippen LogP contribution in [0.2, 0.25) is 0 Å². The molecule has 0 spiro atoms. The van der Waals surface area contributed by atoms with Gasteiger partial charge in [-0.15, -0.1) is 0 Å². The molecule has 1 aromatic rings. The maximum absolute atomic E-state index is 5.60. The molecule has 2 heteroatoms. The van der Waals surface area contributed by atoms with Crippen molar-refractivity contribution in [2.75, 3.05) is 20.2 Å². The Hall–Kier alpha value is -1.02. The molecule has 2 rings (SSSR count). The first-order valence-electron chi connectivity index (χ1n) is 6.72. The van der Waals surface area contributed by atoms with Gasteiger partial charge >= 0.3 is 0 Å². The normalized spacial score (nSPS) is 23.2. The van der Waals surface area contributed by atoms with E-state index in [0.717, 1.165) is 37.2 Å². The topological polar surface area (TPSA) is 21.3 Å². The minimum Gasteiger partial charge on any atom is -0.494 e. The van der Waals surface area contributed by atoms with Crippen LogP contribution in [0.4, 0.5) is 0 Å². The fourth-order valence-corrected chi connectivity index (χ4v) is 2.55. The Labute approximate surface area is 104 Å². The zero-order valence-electron chi connectivity index (χ0n) is 10.9. The number of ether oxygens (including phenoxy) is 1. The molecular formula is C15H23NO. The number of rotatable bonds is 6. The van der Waals surface area contributed by atoms with Crippen molar-refractivity contribution in [3.05, 3.63) is 29.8 Å². The van der Waals surface area contributed by atoms with Gasteiger partial charge in [-0.3, -0.25) is 0 Å². The summed E-state index contributed by atoms with van der Waals surface area (Å²) in [6.07, 6.45) is 3.76. The molecule has 0 aromatic heterocycles. The molecule has 0 amide bonds. The van der Waals surface area contributed by atoms with Crippen LogP contribution in [-0.2, 0) is 0 Å². The van der Waals surface area contributed by atoms with E-state index in [-0.39, 0.29) is 0 Å². The number of hydrogen-bond donors (Lipinski definition) is 1. The van der Waals surface area contributed by atoms with Crippen LogP contribution in [-0.4, -0.2) is 20.2 Å². The van der Waals surface area contributed by atoms with Gasteiger partial charge in [0.2, 0.25) is 0 Å². The third-order valence-corrected chi connectivity index (χ3v) is 3.66. The summed E-state index contributed by atoms with van der Waals surface area (Å²) in [5, 5.41) is 3.28. The SMILES string of the molecule is CCCOc1ccc(C2CCC2CNC)cc1. The monoisotopic (exact) mass is 233 g/mol. The highest BCUT2D eigenvalue weighted by Gasteiger charge is 2.31. The van der Waals surface area contributed by atoms with Crippen molar-refractivity contribution in [2.24, 2.45) is 5.92 Å². The lowest BCUT2D eigenvalue weighted by Crippen LogP contribution is -2.32. The molecular weight excluding hydrogens is 210 g/mol. The van der Waals surface area contributed by atoms with Crippen LogP contribution in [0.3, 0.4) is 0 Å². The Morgan fingerprint density at radius 1 is 1.24 bits per heavy atom. The molecule has 94 valence electrons. The van der Waals surface area contributed by atoms with Gasteiger partial charge in [0.1, 0.15) is 5.75 Å². The van der Waals surface area contributed by atoms with E-state index < -0.39 is 0 Å². The van der Waals surface area contributed by atoms with Crippen molar-refractivity contribution in [3.63, 3.8) is 0 Å². The van der Waals surface area contributed by atoms with Crippen LogP contribution in [0.15, 0.2) is 24.3 Å². The third-order valence-electron chi connectivity index (χ3n) is 3.66.